The molecular formula is C13H10ClN3. The van der Waals surface area contributed by atoms with Crippen molar-refractivity contribution < 1.29 is 0 Å². The molecule has 0 aliphatic rings. The molecule has 84 valence electrons. The number of aromatic amines is 1. The Labute approximate surface area is 103 Å². The van der Waals surface area contributed by atoms with E-state index in [1.54, 1.807) is 12.4 Å². The molecule has 0 radical (unpaired) electrons. The highest BCUT2D eigenvalue weighted by Crippen LogP contribution is 2.14. The van der Waals surface area contributed by atoms with Gasteiger partial charge in [-0.1, -0.05) is 23.7 Å². The summed E-state index contributed by atoms with van der Waals surface area (Å²) in [4.78, 5) is 11.8. The molecule has 17 heavy (non-hydrogen) atoms. The fourth-order valence-corrected chi connectivity index (χ4v) is 1.92. The van der Waals surface area contributed by atoms with Gasteiger partial charge in [0.2, 0.25) is 0 Å². The number of pyridine rings is 1. The second-order valence-corrected chi connectivity index (χ2v) is 4.32. The topological polar surface area (TPSA) is 41.6 Å². The zero-order valence-electron chi connectivity index (χ0n) is 9.02. The number of hydrogen-bond acceptors (Lipinski definition) is 2. The molecule has 0 unspecified atom stereocenters. The molecule has 3 nitrogen and oxygen atoms in total. The molecule has 0 aliphatic heterocycles. The lowest BCUT2D eigenvalue weighted by atomic mass is 10.1. The van der Waals surface area contributed by atoms with Gasteiger partial charge in [-0.3, -0.25) is 4.98 Å². The van der Waals surface area contributed by atoms with Gasteiger partial charge in [-0.05, 0) is 23.8 Å². The Hall–Kier alpha value is -1.87. The van der Waals surface area contributed by atoms with Crippen LogP contribution in [0.3, 0.4) is 0 Å². The first-order valence-electron chi connectivity index (χ1n) is 5.34. The number of halogens is 1. The van der Waals surface area contributed by atoms with Gasteiger partial charge in [0.05, 0.1) is 17.2 Å². The van der Waals surface area contributed by atoms with Crippen LogP contribution in [0, 0.1) is 0 Å². The van der Waals surface area contributed by atoms with Crippen LogP contribution in [-0.4, -0.2) is 15.0 Å². The molecule has 4 heteroatoms. The molecule has 0 spiro atoms. The fourth-order valence-electron chi connectivity index (χ4n) is 1.79. The minimum atomic E-state index is 0.752. The van der Waals surface area contributed by atoms with Crippen molar-refractivity contribution in [2.24, 2.45) is 0 Å². The van der Waals surface area contributed by atoms with Gasteiger partial charge in [-0.25, -0.2) is 4.98 Å². The predicted octanol–water partition coefficient (Wildman–Crippen LogP) is 3.20. The number of benzene rings is 1. The van der Waals surface area contributed by atoms with Crippen molar-refractivity contribution in [1.29, 1.82) is 0 Å². The van der Waals surface area contributed by atoms with Crippen molar-refractivity contribution in [2.75, 3.05) is 0 Å². The molecule has 0 aliphatic carbocycles. The molecule has 1 aromatic carbocycles. The van der Waals surface area contributed by atoms with E-state index in [0.717, 1.165) is 28.3 Å². The van der Waals surface area contributed by atoms with Crippen LogP contribution in [-0.2, 0) is 6.42 Å². The highest BCUT2D eigenvalue weighted by molar-refractivity contribution is 6.30. The molecule has 0 saturated heterocycles. The molecule has 0 amide bonds. The first kappa shape index (κ1) is 10.3. The van der Waals surface area contributed by atoms with Crippen molar-refractivity contribution in [3.63, 3.8) is 0 Å². The molecule has 2 heterocycles. The van der Waals surface area contributed by atoms with Crippen LogP contribution < -0.4 is 0 Å². The van der Waals surface area contributed by atoms with Gasteiger partial charge in [-0.2, -0.15) is 0 Å². The summed E-state index contributed by atoms with van der Waals surface area (Å²) in [6, 6.07) is 9.70. The van der Waals surface area contributed by atoms with Gasteiger partial charge >= 0.3 is 0 Å². The number of imidazole rings is 1. The monoisotopic (exact) mass is 243 g/mol. The third-order valence-corrected chi connectivity index (χ3v) is 2.87. The van der Waals surface area contributed by atoms with Crippen LogP contribution in [0.15, 0.2) is 42.7 Å². The molecule has 0 fully saturated rings. The Morgan fingerprint density at radius 3 is 2.71 bits per heavy atom. The lowest BCUT2D eigenvalue weighted by Crippen LogP contribution is -1.89. The Bertz CT molecular complexity index is 610. The normalized spacial score (nSPS) is 10.9. The van der Waals surface area contributed by atoms with Crippen molar-refractivity contribution in [2.45, 2.75) is 6.42 Å². The van der Waals surface area contributed by atoms with E-state index in [1.807, 2.05) is 30.3 Å². The van der Waals surface area contributed by atoms with E-state index in [4.69, 9.17) is 11.6 Å². The third-order valence-electron chi connectivity index (χ3n) is 2.62. The average Bonchev–Trinajstić information content (AvgIpc) is 2.74. The van der Waals surface area contributed by atoms with Crippen LogP contribution in [0.5, 0.6) is 0 Å². The maximum absolute atomic E-state index is 5.85. The highest BCUT2D eigenvalue weighted by atomic mass is 35.5. The standard InChI is InChI=1S/C13H10ClN3/c14-10-3-1-9(2-4-10)7-13-16-11-5-6-15-8-12(11)17-13/h1-6,8H,7H2,(H,16,17). The molecule has 3 aromatic rings. The zero-order valence-corrected chi connectivity index (χ0v) is 9.78. The van der Waals surface area contributed by atoms with Gasteiger partial charge in [-0.15, -0.1) is 0 Å². The lowest BCUT2D eigenvalue weighted by molar-refractivity contribution is 1.04. The summed E-state index contributed by atoms with van der Waals surface area (Å²) in [5.41, 5.74) is 3.10. The lowest BCUT2D eigenvalue weighted by Gasteiger charge is -1.97. The average molecular weight is 244 g/mol. The van der Waals surface area contributed by atoms with Crippen LogP contribution in [0.1, 0.15) is 11.4 Å². The minimum Gasteiger partial charge on any atom is -0.340 e. The molecule has 0 atom stereocenters. The summed E-state index contributed by atoms with van der Waals surface area (Å²) in [5.74, 6) is 0.940. The number of nitrogens with zero attached hydrogens (tertiary/aromatic N) is 2. The zero-order chi connectivity index (χ0) is 11.7. The molecule has 3 rings (SSSR count). The number of fused-ring (bicyclic) bond motifs is 1. The molecular weight excluding hydrogens is 234 g/mol. The first-order chi connectivity index (χ1) is 8.31. The molecule has 0 saturated carbocycles. The SMILES string of the molecule is Clc1ccc(Cc2nc3ccncc3[nH]2)cc1. The minimum absolute atomic E-state index is 0.752. The molecule has 0 bridgehead atoms. The first-order valence-corrected chi connectivity index (χ1v) is 5.72. The summed E-state index contributed by atoms with van der Waals surface area (Å²) < 4.78 is 0. The maximum atomic E-state index is 5.85. The number of nitrogens with one attached hydrogen (secondary N) is 1. The van der Waals surface area contributed by atoms with Gasteiger partial charge < -0.3 is 4.98 Å². The van der Waals surface area contributed by atoms with E-state index in [9.17, 15) is 0 Å². The molecule has 2 aromatic heterocycles. The number of rotatable bonds is 2. The third kappa shape index (κ3) is 2.15. The Kier molecular flexibility index (Phi) is 2.53. The van der Waals surface area contributed by atoms with Crippen molar-refractivity contribution in [1.82, 2.24) is 15.0 Å². The van der Waals surface area contributed by atoms with Gasteiger partial charge in [0, 0.05) is 17.6 Å². The predicted molar refractivity (Wildman–Crippen MR) is 68.1 cm³/mol. The van der Waals surface area contributed by atoms with Crippen LogP contribution in [0.4, 0.5) is 0 Å². The van der Waals surface area contributed by atoms with Gasteiger partial charge in [0.1, 0.15) is 5.82 Å². The fraction of sp³-hybridized carbons (Fsp3) is 0.0769. The summed E-state index contributed by atoms with van der Waals surface area (Å²) >= 11 is 5.85. The summed E-state index contributed by atoms with van der Waals surface area (Å²) in [7, 11) is 0. The van der Waals surface area contributed by atoms with E-state index in [1.165, 1.54) is 5.56 Å². The van der Waals surface area contributed by atoms with Gasteiger partial charge in [0.15, 0.2) is 0 Å². The second-order valence-electron chi connectivity index (χ2n) is 3.88. The van der Waals surface area contributed by atoms with E-state index in [-0.39, 0.29) is 0 Å². The van der Waals surface area contributed by atoms with Crippen molar-refractivity contribution in [3.05, 3.63) is 59.1 Å². The Morgan fingerprint density at radius 2 is 1.94 bits per heavy atom. The van der Waals surface area contributed by atoms with Crippen molar-refractivity contribution >= 4 is 22.6 Å². The Morgan fingerprint density at radius 1 is 1.12 bits per heavy atom. The van der Waals surface area contributed by atoms with Crippen LogP contribution >= 0.6 is 11.6 Å². The molecule has 1 N–H and O–H groups in total. The number of aromatic nitrogens is 3. The highest BCUT2D eigenvalue weighted by Gasteiger charge is 2.03. The quantitative estimate of drug-likeness (QED) is 0.751. The maximum Gasteiger partial charge on any atom is 0.111 e. The summed E-state index contributed by atoms with van der Waals surface area (Å²) in [6.45, 7) is 0. The Balaban J connectivity index is 1.92. The summed E-state index contributed by atoms with van der Waals surface area (Å²) in [5, 5.41) is 0.752. The largest absolute Gasteiger partial charge is 0.340 e. The smallest absolute Gasteiger partial charge is 0.111 e. The second kappa shape index (κ2) is 4.18. The van der Waals surface area contributed by atoms with Crippen molar-refractivity contribution in [3.8, 4) is 0 Å². The summed E-state index contributed by atoms with van der Waals surface area (Å²) in [6.07, 6.45) is 4.30. The van der Waals surface area contributed by atoms with Crippen LogP contribution in [0.2, 0.25) is 5.02 Å². The van der Waals surface area contributed by atoms with Crippen LogP contribution in [0.25, 0.3) is 11.0 Å². The number of H-pyrrole nitrogens is 1. The van der Waals surface area contributed by atoms with E-state index >= 15 is 0 Å². The van der Waals surface area contributed by atoms with E-state index in [2.05, 4.69) is 15.0 Å². The number of hydrogen-bond donors (Lipinski definition) is 1. The van der Waals surface area contributed by atoms with E-state index in [0.29, 0.717) is 0 Å². The van der Waals surface area contributed by atoms with E-state index < -0.39 is 0 Å². The van der Waals surface area contributed by atoms with Gasteiger partial charge in [0.25, 0.3) is 0 Å².